The van der Waals surface area contributed by atoms with Crippen molar-refractivity contribution < 1.29 is 14.3 Å². The minimum atomic E-state index is -0.489. The van der Waals surface area contributed by atoms with Gasteiger partial charge in [-0.3, -0.25) is 10.1 Å². The number of ether oxygens (including phenoxy) is 1. The van der Waals surface area contributed by atoms with Gasteiger partial charge < -0.3 is 9.64 Å². The van der Waals surface area contributed by atoms with Crippen molar-refractivity contribution in [1.29, 1.82) is 0 Å². The molecule has 0 fully saturated rings. The fourth-order valence-corrected chi connectivity index (χ4v) is 3.16. The Hall–Kier alpha value is -2.34. The van der Waals surface area contributed by atoms with Crippen LogP contribution in [0.25, 0.3) is 0 Å². The van der Waals surface area contributed by atoms with E-state index in [1.54, 1.807) is 11.8 Å². The Morgan fingerprint density at radius 3 is 2.95 bits per heavy atom. The van der Waals surface area contributed by atoms with Gasteiger partial charge in [-0.05, 0) is 42.5 Å². The number of thiophene rings is 1. The van der Waals surface area contributed by atoms with Crippen LogP contribution in [0.3, 0.4) is 0 Å². The van der Waals surface area contributed by atoms with E-state index in [2.05, 4.69) is 5.32 Å². The Bertz CT molecular complexity index is 697. The normalized spacial score (nSPS) is 12.9. The summed E-state index contributed by atoms with van der Waals surface area (Å²) >= 11 is 1.43. The maximum atomic E-state index is 12.5. The standard InChI is InChI=1S/C16H16N2O3S/c1-2-21-16(20)17-12-6-5-11-7-8-18(13(11)10-12)15(19)14-4-3-9-22-14/h3-6,9-10H,2,7-8H2,1H3,(H,17,20). The second-order valence-electron chi connectivity index (χ2n) is 4.87. The molecule has 2 heterocycles. The zero-order valence-corrected chi connectivity index (χ0v) is 13.0. The zero-order chi connectivity index (χ0) is 15.5. The van der Waals surface area contributed by atoms with Gasteiger partial charge in [-0.1, -0.05) is 12.1 Å². The molecular weight excluding hydrogens is 300 g/mol. The van der Waals surface area contributed by atoms with Crippen molar-refractivity contribution in [3.63, 3.8) is 0 Å². The van der Waals surface area contributed by atoms with E-state index < -0.39 is 6.09 Å². The van der Waals surface area contributed by atoms with Crippen molar-refractivity contribution in [3.8, 4) is 0 Å². The third kappa shape index (κ3) is 2.82. The molecule has 1 aromatic carbocycles. The molecule has 1 N–H and O–H groups in total. The van der Waals surface area contributed by atoms with Crippen molar-refractivity contribution in [3.05, 3.63) is 46.2 Å². The summed E-state index contributed by atoms with van der Waals surface area (Å²) in [6, 6.07) is 9.29. The first kappa shape index (κ1) is 14.6. The van der Waals surface area contributed by atoms with E-state index in [1.165, 1.54) is 11.3 Å². The molecule has 0 saturated carbocycles. The Balaban J connectivity index is 1.83. The maximum Gasteiger partial charge on any atom is 0.411 e. The number of anilines is 2. The van der Waals surface area contributed by atoms with Crippen LogP contribution in [0.15, 0.2) is 35.7 Å². The number of benzene rings is 1. The summed E-state index contributed by atoms with van der Waals surface area (Å²) in [7, 11) is 0. The monoisotopic (exact) mass is 316 g/mol. The van der Waals surface area contributed by atoms with Crippen molar-refractivity contribution in [2.75, 3.05) is 23.4 Å². The summed E-state index contributed by atoms with van der Waals surface area (Å²) in [5.41, 5.74) is 2.59. The van der Waals surface area contributed by atoms with Gasteiger partial charge in [0, 0.05) is 17.9 Å². The minimum absolute atomic E-state index is 0.00188. The average molecular weight is 316 g/mol. The molecule has 0 spiro atoms. The summed E-state index contributed by atoms with van der Waals surface area (Å²) in [4.78, 5) is 26.5. The molecule has 2 aromatic rings. The molecule has 1 aliphatic heterocycles. The molecule has 3 rings (SSSR count). The molecule has 22 heavy (non-hydrogen) atoms. The second kappa shape index (κ2) is 6.19. The first-order chi connectivity index (χ1) is 10.7. The molecule has 114 valence electrons. The van der Waals surface area contributed by atoms with E-state index in [4.69, 9.17) is 4.74 Å². The fourth-order valence-electron chi connectivity index (χ4n) is 2.49. The summed E-state index contributed by atoms with van der Waals surface area (Å²) in [6.07, 6.45) is 0.336. The third-order valence-corrected chi connectivity index (χ3v) is 4.34. The smallest absolute Gasteiger partial charge is 0.411 e. The van der Waals surface area contributed by atoms with Crippen molar-refractivity contribution >= 4 is 34.7 Å². The van der Waals surface area contributed by atoms with Crippen molar-refractivity contribution in [2.45, 2.75) is 13.3 Å². The number of nitrogens with zero attached hydrogens (tertiary/aromatic N) is 1. The van der Waals surface area contributed by atoms with Crippen LogP contribution in [0.2, 0.25) is 0 Å². The summed E-state index contributed by atoms with van der Waals surface area (Å²) < 4.78 is 4.87. The Morgan fingerprint density at radius 1 is 1.36 bits per heavy atom. The molecule has 0 bridgehead atoms. The van der Waals surface area contributed by atoms with Crippen LogP contribution in [0.4, 0.5) is 16.2 Å². The molecule has 6 heteroatoms. The summed E-state index contributed by atoms with van der Waals surface area (Å²) in [5, 5.41) is 4.56. The van der Waals surface area contributed by atoms with E-state index in [1.807, 2.05) is 35.7 Å². The lowest BCUT2D eigenvalue weighted by Gasteiger charge is -2.17. The molecule has 2 amide bonds. The number of hydrogen-bond acceptors (Lipinski definition) is 4. The molecule has 0 atom stereocenters. The molecule has 0 unspecified atom stereocenters. The van der Waals surface area contributed by atoms with E-state index >= 15 is 0 Å². The molecule has 0 aliphatic carbocycles. The largest absolute Gasteiger partial charge is 0.450 e. The zero-order valence-electron chi connectivity index (χ0n) is 12.2. The summed E-state index contributed by atoms with van der Waals surface area (Å²) in [5.74, 6) is 0.00188. The second-order valence-corrected chi connectivity index (χ2v) is 5.82. The number of amides is 2. The van der Waals surface area contributed by atoms with Gasteiger partial charge in [-0.25, -0.2) is 4.79 Å². The van der Waals surface area contributed by atoms with Crippen LogP contribution in [0.1, 0.15) is 22.2 Å². The van der Waals surface area contributed by atoms with Gasteiger partial charge in [0.05, 0.1) is 11.5 Å². The predicted molar refractivity (Wildman–Crippen MR) is 86.8 cm³/mol. The number of nitrogens with one attached hydrogen (secondary N) is 1. The first-order valence-electron chi connectivity index (χ1n) is 7.11. The van der Waals surface area contributed by atoms with Gasteiger partial charge in [0.15, 0.2) is 0 Å². The quantitative estimate of drug-likeness (QED) is 0.942. The van der Waals surface area contributed by atoms with Gasteiger partial charge in [-0.2, -0.15) is 0 Å². The van der Waals surface area contributed by atoms with E-state index in [9.17, 15) is 9.59 Å². The third-order valence-electron chi connectivity index (χ3n) is 3.48. The van der Waals surface area contributed by atoms with Crippen LogP contribution in [0, 0.1) is 0 Å². The number of fused-ring (bicyclic) bond motifs is 1. The average Bonchev–Trinajstić information content (AvgIpc) is 3.16. The van der Waals surface area contributed by atoms with Crippen LogP contribution in [-0.2, 0) is 11.2 Å². The van der Waals surface area contributed by atoms with Crippen molar-refractivity contribution in [1.82, 2.24) is 0 Å². The minimum Gasteiger partial charge on any atom is -0.450 e. The first-order valence-corrected chi connectivity index (χ1v) is 7.99. The topological polar surface area (TPSA) is 58.6 Å². The number of rotatable bonds is 3. The SMILES string of the molecule is CCOC(=O)Nc1ccc2c(c1)N(C(=O)c1cccs1)CC2. The van der Waals surface area contributed by atoms with Gasteiger partial charge in [0.1, 0.15) is 0 Å². The predicted octanol–water partition coefficient (Wildman–Crippen LogP) is 3.52. The number of hydrogen-bond donors (Lipinski definition) is 1. The fraction of sp³-hybridized carbons (Fsp3) is 0.250. The van der Waals surface area contributed by atoms with Gasteiger partial charge in [0.25, 0.3) is 5.91 Å². The highest BCUT2D eigenvalue weighted by atomic mass is 32.1. The Labute approximate surface area is 132 Å². The van der Waals surface area contributed by atoms with Crippen LogP contribution in [-0.4, -0.2) is 25.2 Å². The molecule has 5 nitrogen and oxygen atoms in total. The van der Waals surface area contributed by atoms with Crippen LogP contribution >= 0.6 is 11.3 Å². The highest BCUT2D eigenvalue weighted by molar-refractivity contribution is 7.12. The maximum absolute atomic E-state index is 12.5. The van der Waals surface area contributed by atoms with Crippen molar-refractivity contribution in [2.24, 2.45) is 0 Å². The lowest BCUT2D eigenvalue weighted by Crippen LogP contribution is -2.28. The van der Waals surface area contributed by atoms with Gasteiger partial charge >= 0.3 is 6.09 Å². The lowest BCUT2D eigenvalue weighted by atomic mass is 10.1. The molecule has 0 radical (unpaired) electrons. The lowest BCUT2D eigenvalue weighted by molar-refractivity contribution is 0.0993. The molecule has 1 aliphatic rings. The Kier molecular flexibility index (Phi) is 4.11. The van der Waals surface area contributed by atoms with Gasteiger partial charge in [0.2, 0.25) is 0 Å². The van der Waals surface area contributed by atoms with E-state index in [-0.39, 0.29) is 5.91 Å². The Morgan fingerprint density at radius 2 is 2.23 bits per heavy atom. The summed E-state index contributed by atoms with van der Waals surface area (Å²) in [6.45, 7) is 2.73. The highest BCUT2D eigenvalue weighted by Gasteiger charge is 2.26. The highest BCUT2D eigenvalue weighted by Crippen LogP contribution is 2.32. The molecular formula is C16H16N2O3S. The van der Waals surface area contributed by atoms with Crippen LogP contribution < -0.4 is 10.2 Å². The molecule has 1 aromatic heterocycles. The van der Waals surface area contributed by atoms with Crippen LogP contribution in [0.5, 0.6) is 0 Å². The van der Waals surface area contributed by atoms with Gasteiger partial charge in [-0.15, -0.1) is 11.3 Å². The van der Waals surface area contributed by atoms with E-state index in [0.717, 1.165) is 22.5 Å². The van der Waals surface area contributed by atoms with E-state index in [0.29, 0.717) is 18.8 Å². The molecule has 0 saturated heterocycles. The number of carbonyl (C=O) groups excluding carboxylic acids is 2. The number of carbonyl (C=O) groups is 2.